The second-order valence-electron chi connectivity index (χ2n) is 6.46. The first-order valence-electron chi connectivity index (χ1n) is 8.89. The summed E-state index contributed by atoms with van der Waals surface area (Å²) in [5.41, 5.74) is 0.465. The Kier molecular flexibility index (Phi) is 7.18. The van der Waals surface area contributed by atoms with Gasteiger partial charge in [0.25, 0.3) is 0 Å². The molecule has 7 nitrogen and oxygen atoms in total. The molecule has 1 aliphatic heterocycles. The first-order chi connectivity index (χ1) is 12.0. The molecule has 0 unspecified atom stereocenters. The fraction of sp³-hybridized carbons (Fsp3) is 0.611. The maximum Gasteiger partial charge on any atom is 0.339 e. The maximum absolute atomic E-state index is 11.9. The molecule has 2 heterocycles. The lowest BCUT2D eigenvalue weighted by Gasteiger charge is -2.22. The van der Waals surface area contributed by atoms with E-state index >= 15 is 0 Å². The SMILES string of the molecule is CCOC(=O)c1ccc(N2CCCN(CC(=O)NC(C)C)CC2)nc1. The molecule has 0 radical (unpaired) electrons. The van der Waals surface area contributed by atoms with Crippen LogP contribution in [0.15, 0.2) is 18.3 Å². The minimum atomic E-state index is -0.347. The zero-order valence-corrected chi connectivity index (χ0v) is 15.3. The summed E-state index contributed by atoms with van der Waals surface area (Å²) in [4.78, 5) is 32.4. The zero-order chi connectivity index (χ0) is 18.2. The minimum Gasteiger partial charge on any atom is -0.462 e. The molecule has 0 bridgehead atoms. The molecule has 1 N–H and O–H groups in total. The number of esters is 1. The van der Waals surface area contributed by atoms with Gasteiger partial charge in [-0.15, -0.1) is 0 Å². The van der Waals surface area contributed by atoms with Gasteiger partial charge in [-0.2, -0.15) is 0 Å². The van der Waals surface area contributed by atoms with Crippen LogP contribution in [-0.4, -0.2) is 67.1 Å². The van der Waals surface area contributed by atoms with Crippen molar-refractivity contribution in [3.05, 3.63) is 23.9 Å². The van der Waals surface area contributed by atoms with E-state index in [0.29, 0.717) is 18.7 Å². The van der Waals surface area contributed by atoms with Crippen LogP contribution in [-0.2, 0) is 9.53 Å². The highest BCUT2D eigenvalue weighted by Crippen LogP contribution is 2.15. The number of hydrogen-bond acceptors (Lipinski definition) is 6. The average molecular weight is 348 g/mol. The molecule has 0 saturated carbocycles. The molecule has 7 heteroatoms. The molecule has 1 aliphatic rings. The molecule has 138 valence electrons. The van der Waals surface area contributed by atoms with Crippen LogP contribution in [0.4, 0.5) is 5.82 Å². The van der Waals surface area contributed by atoms with Gasteiger partial charge in [-0.25, -0.2) is 9.78 Å². The predicted octanol–water partition coefficient (Wildman–Crippen LogP) is 1.29. The van der Waals surface area contributed by atoms with Crippen molar-refractivity contribution in [2.24, 2.45) is 0 Å². The standard InChI is InChI=1S/C18H28N4O3/c1-4-25-18(24)15-6-7-16(19-12-15)22-9-5-8-21(10-11-22)13-17(23)20-14(2)3/h6-7,12,14H,4-5,8-11,13H2,1-3H3,(H,20,23). The summed E-state index contributed by atoms with van der Waals surface area (Å²) in [6.07, 6.45) is 2.53. The van der Waals surface area contributed by atoms with Crippen LogP contribution in [0.25, 0.3) is 0 Å². The quantitative estimate of drug-likeness (QED) is 0.781. The molecule has 1 aromatic heterocycles. The predicted molar refractivity (Wildman–Crippen MR) is 96.7 cm³/mol. The molecule has 1 fully saturated rings. The largest absolute Gasteiger partial charge is 0.462 e. The third kappa shape index (κ3) is 6.01. The van der Waals surface area contributed by atoms with Gasteiger partial charge in [-0.05, 0) is 39.3 Å². The van der Waals surface area contributed by atoms with E-state index < -0.39 is 0 Å². The van der Waals surface area contributed by atoms with Crippen molar-refractivity contribution in [3.63, 3.8) is 0 Å². The summed E-state index contributed by atoms with van der Waals surface area (Å²) in [6.45, 7) is 9.89. The number of nitrogens with one attached hydrogen (secondary N) is 1. The molecule has 1 amide bonds. The van der Waals surface area contributed by atoms with E-state index in [1.807, 2.05) is 19.9 Å². The Morgan fingerprint density at radius 3 is 2.68 bits per heavy atom. The maximum atomic E-state index is 11.9. The highest BCUT2D eigenvalue weighted by Gasteiger charge is 2.18. The topological polar surface area (TPSA) is 74.8 Å². The van der Waals surface area contributed by atoms with Gasteiger partial charge in [0.15, 0.2) is 0 Å². The van der Waals surface area contributed by atoms with Crippen LogP contribution >= 0.6 is 0 Å². The summed E-state index contributed by atoms with van der Waals surface area (Å²) < 4.78 is 4.97. The van der Waals surface area contributed by atoms with Gasteiger partial charge in [0.2, 0.25) is 5.91 Å². The Balaban J connectivity index is 1.90. The summed E-state index contributed by atoms with van der Waals surface area (Å²) in [6, 6.07) is 3.77. The van der Waals surface area contributed by atoms with E-state index in [1.54, 1.807) is 19.2 Å². The normalized spacial score (nSPS) is 15.8. The molecule has 2 rings (SSSR count). The number of ether oxygens (including phenoxy) is 1. The Hall–Kier alpha value is -2.15. The highest BCUT2D eigenvalue weighted by molar-refractivity contribution is 5.89. The molecule has 0 aromatic carbocycles. The van der Waals surface area contributed by atoms with Crippen molar-refractivity contribution < 1.29 is 14.3 Å². The lowest BCUT2D eigenvalue weighted by atomic mass is 10.2. The van der Waals surface area contributed by atoms with Gasteiger partial charge in [0.1, 0.15) is 5.82 Å². The number of carbonyl (C=O) groups excluding carboxylic acids is 2. The molecule has 1 saturated heterocycles. The van der Waals surface area contributed by atoms with Gasteiger partial charge in [-0.3, -0.25) is 9.69 Å². The summed E-state index contributed by atoms with van der Waals surface area (Å²) in [5.74, 6) is 0.571. The number of carbonyl (C=O) groups is 2. The number of amides is 1. The number of aromatic nitrogens is 1. The van der Waals surface area contributed by atoms with E-state index in [-0.39, 0.29) is 17.9 Å². The molecule has 0 spiro atoms. The second kappa shape index (κ2) is 9.36. The van der Waals surface area contributed by atoms with Crippen molar-refractivity contribution in [2.45, 2.75) is 33.2 Å². The highest BCUT2D eigenvalue weighted by atomic mass is 16.5. The van der Waals surface area contributed by atoms with E-state index in [4.69, 9.17) is 4.74 Å². The number of pyridine rings is 1. The van der Waals surface area contributed by atoms with Gasteiger partial charge in [0, 0.05) is 38.4 Å². The number of anilines is 1. The van der Waals surface area contributed by atoms with Gasteiger partial charge in [-0.1, -0.05) is 0 Å². The van der Waals surface area contributed by atoms with Crippen molar-refractivity contribution in [3.8, 4) is 0 Å². The van der Waals surface area contributed by atoms with Crippen molar-refractivity contribution >= 4 is 17.7 Å². The van der Waals surface area contributed by atoms with E-state index in [2.05, 4.69) is 20.1 Å². The fourth-order valence-electron chi connectivity index (χ4n) is 2.84. The van der Waals surface area contributed by atoms with Crippen LogP contribution < -0.4 is 10.2 Å². The van der Waals surface area contributed by atoms with E-state index in [1.165, 1.54) is 0 Å². The monoisotopic (exact) mass is 348 g/mol. The van der Waals surface area contributed by atoms with Crippen LogP contribution in [0.3, 0.4) is 0 Å². The first-order valence-corrected chi connectivity index (χ1v) is 8.89. The molecule has 0 atom stereocenters. The summed E-state index contributed by atoms with van der Waals surface area (Å²) in [7, 11) is 0. The molecule has 25 heavy (non-hydrogen) atoms. The Bertz CT molecular complexity index is 574. The van der Waals surface area contributed by atoms with Gasteiger partial charge in [0.05, 0.1) is 18.7 Å². The molecule has 0 aliphatic carbocycles. The van der Waals surface area contributed by atoms with Crippen LogP contribution in [0.2, 0.25) is 0 Å². The Morgan fingerprint density at radius 1 is 1.24 bits per heavy atom. The number of nitrogens with zero attached hydrogens (tertiary/aromatic N) is 3. The van der Waals surface area contributed by atoms with Gasteiger partial charge < -0.3 is 15.0 Å². The molecular formula is C18H28N4O3. The van der Waals surface area contributed by atoms with Crippen molar-refractivity contribution in [1.29, 1.82) is 0 Å². The smallest absolute Gasteiger partial charge is 0.339 e. The molecule has 1 aromatic rings. The fourth-order valence-corrected chi connectivity index (χ4v) is 2.84. The lowest BCUT2D eigenvalue weighted by Crippen LogP contribution is -2.41. The zero-order valence-electron chi connectivity index (χ0n) is 15.3. The Labute approximate surface area is 149 Å². The second-order valence-corrected chi connectivity index (χ2v) is 6.46. The minimum absolute atomic E-state index is 0.0698. The van der Waals surface area contributed by atoms with Crippen molar-refractivity contribution in [2.75, 3.05) is 44.2 Å². The van der Waals surface area contributed by atoms with Crippen LogP contribution in [0.5, 0.6) is 0 Å². The van der Waals surface area contributed by atoms with Gasteiger partial charge >= 0.3 is 5.97 Å². The van der Waals surface area contributed by atoms with E-state index in [9.17, 15) is 9.59 Å². The van der Waals surface area contributed by atoms with Crippen molar-refractivity contribution in [1.82, 2.24) is 15.2 Å². The van der Waals surface area contributed by atoms with E-state index in [0.717, 1.165) is 38.4 Å². The summed E-state index contributed by atoms with van der Waals surface area (Å²) in [5, 5.41) is 2.93. The molecular weight excluding hydrogens is 320 g/mol. The third-order valence-corrected chi connectivity index (χ3v) is 3.99. The Morgan fingerprint density at radius 2 is 2.04 bits per heavy atom. The lowest BCUT2D eigenvalue weighted by molar-refractivity contribution is -0.122. The number of rotatable bonds is 6. The third-order valence-electron chi connectivity index (χ3n) is 3.99. The first kappa shape index (κ1) is 19.2. The number of hydrogen-bond donors (Lipinski definition) is 1. The van der Waals surface area contributed by atoms with Crippen LogP contribution in [0.1, 0.15) is 37.6 Å². The average Bonchev–Trinajstić information content (AvgIpc) is 2.80. The summed E-state index contributed by atoms with van der Waals surface area (Å²) >= 11 is 0. The van der Waals surface area contributed by atoms with Crippen LogP contribution in [0, 0.1) is 0 Å².